The highest BCUT2D eigenvalue weighted by Crippen LogP contribution is 2.16. The molecule has 1 unspecified atom stereocenters. The van der Waals surface area contributed by atoms with Gasteiger partial charge in [0, 0.05) is 17.7 Å². The Kier molecular flexibility index (Phi) is 4.21. The molecule has 68 valence electrons. The second-order valence-electron chi connectivity index (χ2n) is 2.40. The Morgan fingerprint density at radius 2 is 2.58 bits per heavy atom. The van der Waals surface area contributed by atoms with Crippen LogP contribution in [0.3, 0.4) is 0 Å². The van der Waals surface area contributed by atoms with Crippen molar-refractivity contribution in [1.82, 2.24) is 10.3 Å². The summed E-state index contributed by atoms with van der Waals surface area (Å²) in [4.78, 5) is 5.25. The number of thiazole rings is 1. The second kappa shape index (κ2) is 5.24. The van der Waals surface area contributed by atoms with Crippen molar-refractivity contribution in [1.29, 1.82) is 0 Å². The Balaban J connectivity index is 2.45. The Hall–Kier alpha value is -0.450. The summed E-state index contributed by atoms with van der Waals surface area (Å²) in [7, 11) is 1.93. The molecule has 0 spiro atoms. The molecular weight excluding hydrogens is 172 g/mol. The lowest BCUT2D eigenvalue weighted by atomic mass is 10.3. The number of rotatable bonds is 5. The maximum Gasteiger partial charge on any atom is 0.0794 e. The minimum absolute atomic E-state index is 0.289. The van der Waals surface area contributed by atoms with Crippen LogP contribution in [0.15, 0.2) is 11.7 Å². The molecule has 1 aromatic heterocycles. The van der Waals surface area contributed by atoms with E-state index in [1.54, 1.807) is 11.3 Å². The third-order valence-corrected chi connectivity index (χ3v) is 2.52. The van der Waals surface area contributed by atoms with Crippen molar-refractivity contribution < 1.29 is 4.74 Å². The highest BCUT2D eigenvalue weighted by Gasteiger charge is 2.09. The van der Waals surface area contributed by atoms with Gasteiger partial charge in [-0.15, -0.1) is 11.3 Å². The molecular formula is C8H14N2OS. The molecule has 0 bridgehead atoms. The zero-order valence-electron chi connectivity index (χ0n) is 7.41. The molecule has 4 heteroatoms. The fourth-order valence-corrected chi connectivity index (χ4v) is 1.66. The molecule has 0 radical (unpaired) electrons. The van der Waals surface area contributed by atoms with E-state index in [-0.39, 0.29) is 6.04 Å². The quantitative estimate of drug-likeness (QED) is 0.755. The lowest BCUT2D eigenvalue weighted by molar-refractivity contribution is 0.126. The summed E-state index contributed by atoms with van der Waals surface area (Å²) in [5.41, 5.74) is 1.84. The average molecular weight is 186 g/mol. The van der Waals surface area contributed by atoms with Gasteiger partial charge in [-0.1, -0.05) is 0 Å². The van der Waals surface area contributed by atoms with Crippen molar-refractivity contribution >= 4 is 11.3 Å². The largest absolute Gasteiger partial charge is 0.380 e. The minimum Gasteiger partial charge on any atom is -0.380 e. The van der Waals surface area contributed by atoms with Crippen LogP contribution >= 0.6 is 11.3 Å². The summed E-state index contributed by atoms with van der Waals surface area (Å²) in [5, 5.41) is 3.18. The highest BCUT2D eigenvalue weighted by atomic mass is 32.1. The zero-order valence-corrected chi connectivity index (χ0v) is 8.23. The smallest absolute Gasteiger partial charge is 0.0794 e. The van der Waals surface area contributed by atoms with Crippen LogP contribution in [0.25, 0.3) is 0 Å². The molecule has 1 heterocycles. The van der Waals surface area contributed by atoms with Gasteiger partial charge in [0.25, 0.3) is 0 Å². The summed E-state index contributed by atoms with van der Waals surface area (Å²) in [6.45, 7) is 3.48. The van der Waals surface area contributed by atoms with Crippen LogP contribution in [0.2, 0.25) is 0 Å². The van der Waals surface area contributed by atoms with Crippen LogP contribution in [0, 0.1) is 0 Å². The Morgan fingerprint density at radius 3 is 3.08 bits per heavy atom. The number of ether oxygens (including phenoxy) is 1. The third kappa shape index (κ3) is 2.55. The molecule has 3 nitrogen and oxygen atoms in total. The first-order valence-corrected chi connectivity index (χ1v) is 4.89. The maximum atomic E-state index is 5.33. The van der Waals surface area contributed by atoms with E-state index in [0.29, 0.717) is 0 Å². The first-order valence-electron chi connectivity index (χ1n) is 4.01. The predicted molar refractivity (Wildman–Crippen MR) is 50.4 cm³/mol. The SMILES string of the molecule is CCOCC(NC)c1cncs1. The highest BCUT2D eigenvalue weighted by molar-refractivity contribution is 7.09. The van der Waals surface area contributed by atoms with Gasteiger partial charge in [0.15, 0.2) is 0 Å². The van der Waals surface area contributed by atoms with Crippen LogP contribution in [-0.2, 0) is 4.74 Å². The Bertz CT molecular complexity index is 201. The minimum atomic E-state index is 0.289. The molecule has 0 aliphatic carbocycles. The normalized spacial score (nSPS) is 13.2. The van der Waals surface area contributed by atoms with E-state index in [2.05, 4.69) is 10.3 Å². The van der Waals surface area contributed by atoms with Crippen molar-refractivity contribution in [3.8, 4) is 0 Å². The number of aromatic nitrogens is 1. The molecule has 0 amide bonds. The Labute approximate surface area is 76.8 Å². The van der Waals surface area contributed by atoms with Crippen molar-refractivity contribution in [3.05, 3.63) is 16.6 Å². The van der Waals surface area contributed by atoms with Crippen LogP contribution in [0.5, 0.6) is 0 Å². The van der Waals surface area contributed by atoms with Crippen LogP contribution < -0.4 is 5.32 Å². The van der Waals surface area contributed by atoms with E-state index in [9.17, 15) is 0 Å². The molecule has 0 saturated heterocycles. The van der Waals surface area contributed by atoms with Crippen LogP contribution in [0.1, 0.15) is 17.8 Å². The van der Waals surface area contributed by atoms with Gasteiger partial charge in [-0.2, -0.15) is 0 Å². The summed E-state index contributed by atoms with van der Waals surface area (Å²) in [6, 6.07) is 0.289. The number of nitrogens with zero attached hydrogens (tertiary/aromatic N) is 1. The molecule has 1 aromatic rings. The van der Waals surface area contributed by atoms with E-state index in [0.717, 1.165) is 13.2 Å². The van der Waals surface area contributed by atoms with Crippen LogP contribution in [0.4, 0.5) is 0 Å². The number of hydrogen-bond acceptors (Lipinski definition) is 4. The predicted octanol–water partition coefficient (Wildman–Crippen LogP) is 1.44. The van der Waals surface area contributed by atoms with E-state index < -0.39 is 0 Å². The molecule has 0 aliphatic rings. The molecule has 12 heavy (non-hydrogen) atoms. The van der Waals surface area contributed by atoms with Crippen molar-refractivity contribution in [2.45, 2.75) is 13.0 Å². The van der Waals surface area contributed by atoms with Crippen molar-refractivity contribution in [2.24, 2.45) is 0 Å². The molecule has 0 saturated carbocycles. The van der Waals surface area contributed by atoms with Gasteiger partial charge in [0.05, 0.1) is 18.2 Å². The second-order valence-corrected chi connectivity index (χ2v) is 3.32. The first kappa shape index (κ1) is 9.64. The van der Waals surface area contributed by atoms with Gasteiger partial charge in [-0.05, 0) is 14.0 Å². The number of hydrogen-bond donors (Lipinski definition) is 1. The molecule has 0 aromatic carbocycles. The van der Waals surface area contributed by atoms with E-state index >= 15 is 0 Å². The summed E-state index contributed by atoms with van der Waals surface area (Å²) >= 11 is 1.65. The summed E-state index contributed by atoms with van der Waals surface area (Å²) < 4.78 is 5.33. The third-order valence-electron chi connectivity index (χ3n) is 1.63. The lowest BCUT2D eigenvalue weighted by Crippen LogP contribution is -2.20. The molecule has 1 atom stereocenters. The van der Waals surface area contributed by atoms with Gasteiger partial charge >= 0.3 is 0 Å². The molecule has 1 rings (SSSR count). The number of nitrogens with one attached hydrogen (secondary N) is 1. The fraction of sp³-hybridized carbons (Fsp3) is 0.625. The molecule has 1 N–H and O–H groups in total. The summed E-state index contributed by atoms with van der Waals surface area (Å²) in [5.74, 6) is 0. The Morgan fingerprint density at radius 1 is 1.75 bits per heavy atom. The van der Waals surface area contributed by atoms with Gasteiger partial charge in [-0.25, -0.2) is 0 Å². The van der Waals surface area contributed by atoms with Gasteiger partial charge < -0.3 is 10.1 Å². The topological polar surface area (TPSA) is 34.1 Å². The fourth-order valence-electron chi connectivity index (χ4n) is 0.941. The molecule has 0 aliphatic heterocycles. The van der Waals surface area contributed by atoms with Crippen molar-refractivity contribution in [2.75, 3.05) is 20.3 Å². The summed E-state index contributed by atoms with van der Waals surface area (Å²) in [6.07, 6.45) is 1.88. The maximum absolute atomic E-state index is 5.33. The first-order chi connectivity index (χ1) is 5.88. The van der Waals surface area contributed by atoms with E-state index in [4.69, 9.17) is 4.74 Å². The van der Waals surface area contributed by atoms with Gasteiger partial charge in [0.1, 0.15) is 0 Å². The average Bonchev–Trinajstić information content (AvgIpc) is 2.59. The van der Waals surface area contributed by atoms with E-state index in [1.807, 2.05) is 25.7 Å². The molecule has 0 fully saturated rings. The van der Waals surface area contributed by atoms with Crippen molar-refractivity contribution in [3.63, 3.8) is 0 Å². The zero-order chi connectivity index (χ0) is 8.81. The number of likely N-dealkylation sites (N-methyl/N-ethyl adjacent to an activating group) is 1. The van der Waals surface area contributed by atoms with Gasteiger partial charge in [-0.3, -0.25) is 4.98 Å². The van der Waals surface area contributed by atoms with Crippen LogP contribution in [-0.4, -0.2) is 25.2 Å². The standard InChI is InChI=1S/C8H14N2OS/c1-3-11-5-7(9-2)8-4-10-6-12-8/h4,6-7,9H,3,5H2,1-2H3. The van der Waals surface area contributed by atoms with E-state index in [1.165, 1.54) is 4.88 Å². The van der Waals surface area contributed by atoms with Gasteiger partial charge in [0.2, 0.25) is 0 Å². The lowest BCUT2D eigenvalue weighted by Gasteiger charge is -2.12. The monoisotopic (exact) mass is 186 g/mol.